The molecule has 14 heavy (non-hydrogen) atoms. The molecule has 0 aliphatic rings. The van der Waals surface area contributed by atoms with Gasteiger partial charge in [0.05, 0.1) is 11.8 Å². The predicted molar refractivity (Wildman–Crippen MR) is 56.6 cm³/mol. The van der Waals surface area contributed by atoms with Crippen LogP contribution in [-0.2, 0) is 10.0 Å². The minimum Gasteiger partial charge on any atom is -0.399 e. The average molecular weight is 210 g/mol. The van der Waals surface area contributed by atoms with Gasteiger partial charge in [-0.1, -0.05) is 6.07 Å². The largest absolute Gasteiger partial charge is 0.399 e. The van der Waals surface area contributed by atoms with E-state index in [1.807, 2.05) is 0 Å². The van der Waals surface area contributed by atoms with E-state index in [0.717, 1.165) is 11.6 Å². The summed E-state index contributed by atoms with van der Waals surface area (Å²) in [4.78, 5) is 0. The number of benzene rings is 1. The molecule has 0 saturated heterocycles. The van der Waals surface area contributed by atoms with E-state index >= 15 is 0 Å². The highest BCUT2D eigenvalue weighted by Gasteiger charge is 2.08. The molecule has 0 amide bonds. The lowest BCUT2D eigenvalue weighted by molar-refractivity contribution is 0.595. The number of hydrogen-bond acceptors (Lipinski definition) is 3. The van der Waals surface area contributed by atoms with Gasteiger partial charge in [-0.25, -0.2) is 12.4 Å². The molecule has 2 rings (SSSR count). The molecule has 0 aliphatic heterocycles. The van der Waals surface area contributed by atoms with Crippen LogP contribution in [0, 0.1) is 0 Å². The Labute approximate surface area is 82.0 Å². The third-order valence-electron chi connectivity index (χ3n) is 2.04. The predicted octanol–water partition coefficient (Wildman–Crippen LogP) is 1.03. The first-order chi connectivity index (χ1) is 6.48. The number of rotatable bonds is 1. The molecule has 0 fully saturated rings. The third-order valence-corrected chi connectivity index (χ3v) is 3.07. The molecule has 5 heteroatoms. The monoisotopic (exact) mass is 210 g/mol. The first-order valence-corrected chi connectivity index (χ1v) is 5.90. The average Bonchev–Trinajstić information content (AvgIpc) is 2.45. The van der Waals surface area contributed by atoms with Crippen molar-refractivity contribution in [2.75, 3.05) is 12.0 Å². The van der Waals surface area contributed by atoms with Crippen LogP contribution in [0.2, 0.25) is 0 Å². The Morgan fingerprint density at radius 3 is 2.64 bits per heavy atom. The number of hydrogen-bond donors (Lipinski definition) is 1. The van der Waals surface area contributed by atoms with Crippen LogP contribution < -0.4 is 5.73 Å². The molecular weight excluding hydrogens is 200 g/mol. The first-order valence-electron chi connectivity index (χ1n) is 4.05. The molecule has 0 saturated carbocycles. The quantitative estimate of drug-likeness (QED) is 0.715. The number of nitrogens with zero attached hydrogens (tertiary/aromatic N) is 1. The molecule has 1 aromatic heterocycles. The van der Waals surface area contributed by atoms with Crippen molar-refractivity contribution in [3.8, 4) is 0 Å². The van der Waals surface area contributed by atoms with Gasteiger partial charge in [-0.15, -0.1) is 0 Å². The Morgan fingerprint density at radius 1 is 1.29 bits per heavy atom. The van der Waals surface area contributed by atoms with Crippen LogP contribution in [0.3, 0.4) is 0 Å². The highest BCUT2D eigenvalue weighted by atomic mass is 32.2. The molecule has 2 aromatic rings. The van der Waals surface area contributed by atoms with Crippen LogP contribution in [0.1, 0.15) is 0 Å². The highest BCUT2D eigenvalue weighted by Crippen LogP contribution is 2.19. The number of nitrogens with two attached hydrogens (primary N) is 1. The molecule has 1 aromatic carbocycles. The van der Waals surface area contributed by atoms with Crippen molar-refractivity contribution in [1.82, 2.24) is 3.97 Å². The SMILES string of the molecule is CS(=O)(=O)n1ccc2ccc(N)cc21. The Kier molecular flexibility index (Phi) is 1.78. The molecular formula is C9H10N2O2S. The lowest BCUT2D eigenvalue weighted by atomic mass is 10.2. The second-order valence-corrected chi connectivity index (χ2v) is 5.05. The summed E-state index contributed by atoms with van der Waals surface area (Å²) in [6.45, 7) is 0. The van der Waals surface area contributed by atoms with Crippen LogP contribution >= 0.6 is 0 Å². The smallest absolute Gasteiger partial charge is 0.236 e. The van der Waals surface area contributed by atoms with E-state index in [2.05, 4.69) is 0 Å². The summed E-state index contributed by atoms with van der Waals surface area (Å²) in [5.41, 5.74) is 6.76. The molecule has 0 spiro atoms. The van der Waals surface area contributed by atoms with Gasteiger partial charge in [0.15, 0.2) is 0 Å². The number of aromatic nitrogens is 1. The molecule has 2 N–H and O–H groups in total. The molecule has 1 heterocycles. The van der Waals surface area contributed by atoms with Crippen LogP contribution in [0.15, 0.2) is 30.5 Å². The summed E-state index contributed by atoms with van der Waals surface area (Å²) in [5.74, 6) is 0. The molecule has 0 atom stereocenters. The Bertz CT molecular complexity index is 584. The van der Waals surface area contributed by atoms with Gasteiger partial charge in [-0.2, -0.15) is 0 Å². The van der Waals surface area contributed by atoms with Crippen LogP contribution in [-0.4, -0.2) is 18.6 Å². The molecule has 0 radical (unpaired) electrons. The van der Waals surface area contributed by atoms with Crippen molar-refractivity contribution in [2.45, 2.75) is 0 Å². The Balaban J connectivity index is 2.87. The van der Waals surface area contributed by atoms with Gasteiger partial charge in [0.2, 0.25) is 10.0 Å². The van der Waals surface area contributed by atoms with Crippen LogP contribution in [0.25, 0.3) is 10.9 Å². The fraction of sp³-hybridized carbons (Fsp3) is 0.111. The van der Waals surface area contributed by atoms with Gasteiger partial charge in [0.1, 0.15) is 0 Å². The van der Waals surface area contributed by atoms with Gasteiger partial charge in [-0.3, -0.25) is 0 Å². The zero-order valence-electron chi connectivity index (χ0n) is 7.64. The lowest BCUT2D eigenvalue weighted by Gasteiger charge is -2.01. The number of anilines is 1. The molecule has 0 bridgehead atoms. The van der Waals surface area contributed by atoms with Crippen molar-refractivity contribution < 1.29 is 8.42 Å². The van der Waals surface area contributed by atoms with E-state index in [4.69, 9.17) is 5.73 Å². The van der Waals surface area contributed by atoms with Gasteiger partial charge in [0, 0.05) is 17.3 Å². The fourth-order valence-electron chi connectivity index (χ4n) is 1.41. The summed E-state index contributed by atoms with van der Waals surface area (Å²) in [7, 11) is -3.24. The highest BCUT2D eigenvalue weighted by molar-refractivity contribution is 7.89. The molecule has 0 unspecified atom stereocenters. The Hall–Kier alpha value is -1.49. The van der Waals surface area contributed by atoms with Gasteiger partial charge < -0.3 is 5.73 Å². The topological polar surface area (TPSA) is 65.1 Å². The Morgan fingerprint density at radius 2 is 2.00 bits per heavy atom. The maximum atomic E-state index is 11.3. The summed E-state index contributed by atoms with van der Waals surface area (Å²) in [5, 5.41) is 0.865. The first kappa shape index (κ1) is 9.08. The van der Waals surface area contributed by atoms with E-state index in [1.54, 1.807) is 24.3 Å². The summed E-state index contributed by atoms with van der Waals surface area (Å²) >= 11 is 0. The zero-order valence-corrected chi connectivity index (χ0v) is 8.45. The van der Waals surface area contributed by atoms with E-state index in [0.29, 0.717) is 11.2 Å². The minimum atomic E-state index is -3.24. The summed E-state index contributed by atoms with van der Waals surface area (Å²) in [6, 6.07) is 6.94. The van der Waals surface area contributed by atoms with Crippen molar-refractivity contribution in [1.29, 1.82) is 0 Å². The molecule has 4 nitrogen and oxygen atoms in total. The number of nitrogen functional groups attached to an aromatic ring is 1. The normalized spacial score (nSPS) is 12.1. The minimum absolute atomic E-state index is 0.557. The van der Waals surface area contributed by atoms with E-state index in [1.165, 1.54) is 10.2 Å². The third kappa shape index (κ3) is 1.35. The number of fused-ring (bicyclic) bond motifs is 1. The van der Waals surface area contributed by atoms with Crippen molar-refractivity contribution in [3.63, 3.8) is 0 Å². The van der Waals surface area contributed by atoms with Crippen molar-refractivity contribution >= 4 is 26.6 Å². The van der Waals surface area contributed by atoms with Gasteiger partial charge in [-0.05, 0) is 18.2 Å². The molecule has 0 aliphatic carbocycles. The van der Waals surface area contributed by atoms with Crippen molar-refractivity contribution in [3.05, 3.63) is 30.5 Å². The second-order valence-electron chi connectivity index (χ2n) is 3.19. The van der Waals surface area contributed by atoms with Crippen LogP contribution in [0.4, 0.5) is 5.69 Å². The maximum absolute atomic E-state index is 11.3. The standard InChI is InChI=1S/C9H10N2O2S/c1-14(12,13)11-5-4-7-2-3-8(10)6-9(7)11/h2-6H,10H2,1H3. The van der Waals surface area contributed by atoms with Gasteiger partial charge >= 0.3 is 0 Å². The maximum Gasteiger partial charge on any atom is 0.236 e. The van der Waals surface area contributed by atoms with E-state index < -0.39 is 10.0 Å². The molecule has 74 valence electrons. The lowest BCUT2D eigenvalue weighted by Crippen LogP contribution is -2.08. The fourth-order valence-corrected chi connectivity index (χ4v) is 2.21. The van der Waals surface area contributed by atoms with Crippen molar-refractivity contribution in [2.24, 2.45) is 0 Å². The zero-order chi connectivity index (χ0) is 10.3. The van der Waals surface area contributed by atoms with E-state index in [9.17, 15) is 8.42 Å². The van der Waals surface area contributed by atoms with Gasteiger partial charge in [0.25, 0.3) is 0 Å². The van der Waals surface area contributed by atoms with E-state index in [-0.39, 0.29) is 0 Å². The summed E-state index contributed by atoms with van der Waals surface area (Å²) < 4.78 is 23.9. The van der Waals surface area contributed by atoms with Crippen LogP contribution in [0.5, 0.6) is 0 Å². The summed E-state index contributed by atoms with van der Waals surface area (Å²) in [6.07, 6.45) is 2.69. The second kappa shape index (κ2) is 2.75.